The Morgan fingerprint density at radius 1 is 1.00 bits per heavy atom. The largest absolute Gasteiger partial charge is 0.346 e. The van der Waals surface area contributed by atoms with E-state index in [0.29, 0.717) is 5.11 Å². The summed E-state index contributed by atoms with van der Waals surface area (Å²) in [5, 5.41) is 3.82. The zero-order chi connectivity index (χ0) is 20.6. The Bertz CT molecular complexity index is 778. The van der Waals surface area contributed by atoms with Crippen molar-refractivity contribution in [2.24, 2.45) is 23.2 Å². The quantitative estimate of drug-likeness (QED) is 0.744. The minimum Gasteiger partial charge on any atom is -0.346 e. The summed E-state index contributed by atoms with van der Waals surface area (Å²) in [6.45, 7) is 4.69. The fraction of sp³-hybridized carbons (Fsp3) is 0.600. The standard InChI is InChI=1S/C25H33N3OS/c29-23(25-16-20-13-21(17-25)15-22(14-20)18-25)26-24(30)28-11-9-27(10-12-28)8-4-7-19-5-2-1-3-6-19/h1-7,20-22H,8-18H2,(H,26,29,30). The molecule has 1 amide bonds. The first-order chi connectivity index (χ1) is 14.6. The summed E-state index contributed by atoms with van der Waals surface area (Å²) in [7, 11) is 0. The molecule has 0 aromatic heterocycles. The summed E-state index contributed by atoms with van der Waals surface area (Å²) in [5.74, 6) is 2.56. The number of rotatable bonds is 4. The second kappa shape index (κ2) is 8.43. The van der Waals surface area contributed by atoms with E-state index in [1.165, 1.54) is 24.8 Å². The summed E-state index contributed by atoms with van der Waals surface area (Å²) in [4.78, 5) is 17.9. The second-order valence-electron chi connectivity index (χ2n) is 10.1. The van der Waals surface area contributed by atoms with Gasteiger partial charge in [-0.15, -0.1) is 0 Å². The maximum atomic E-state index is 13.2. The lowest BCUT2D eigenvalue weighted by Crippen LogP contribution is -2.58. The van der Waals surface area contributed by atoms with E-state index in [9.17, 15) is 4.79 Å². The Labute approximate surface area is 185 Å². The van der Waals surface area contributed by atoms with E-state index >= 15 is 0 Å². The molecule has 6 rings (SSSR count). The smallest absolute Gasteiger partial charge is 0.232 e. The van der Waals surface area contributed by atoms with Crippen molar-refractivity contribution in [1.82, 2.24) is 15.1 Å². The van der Waals surface area contributed by atoms with Crippen LogP contribution in [0.2, 0.25) is 0 Å². The zero-order valence-electron chi connectivity index (χ0n) is 17.8. The number of hydrogen-bond donors (Lipinski definition) is 1. The Morgan fingerprint density at radius 3 is 2.20 bits per heavy atom. The average molecular weight is 424 g/mol. The summed E-state index contributed by atoms with van der Waals surface area (Å²) in [6.07, 6.45) is 11.8. The van der Waals surface area contributed by atoms with E-state index in [1.807, 2.05) is 6.07 Å². The highest BCUT2D eigenvalue weighted by Gasteiger charge is 2.54. The van der Waals surface area contributed by atoms with E-state index in [-0.39, 0.29) is 11.3 Å². The number of thiocarbonyl (C=S) groups is 1. The molecule has 0 radical (unpaired) electrons. The highest BCUT2D eigenvalue weighted by Crippen LogP contribution is 2.60. The number of benzene rings is 1. The molecule has 1 aromatic rings. The van der Waals surface area contributed by atoms with Crippen LogP contribution in [-0.4, -0.2) is 53.5 Å². The van der Waals surface area contributed by atoms with Crippen LogP contribution in [-0.2, 0) is 4.79 Å². The third kappa shape index (κ3) is 4.19. The molecular formula is C25H33N3OS. The Balaban J connectivity index is 1.10. The van der Waals surface area contributed by atoms with E-state index in [2.05, 4.69) is 51.5 Å². The SMILES string of the molecule is O=C(NC(=S)N1CCN(CC=Cc2ccccc2)CC1)C12CC3CC(CC(C3)C1)C2. The average Bonchev–Trinajstić information content (AvgIpc) is 2.74. The third-order valence-electron chi connectivity index (χ3n) is 7.87. The number of hydrogen-bond acceptors (Lipinski definition) is 3. The molecule has 160 valence electrons. The van der Waals surface area contributed by atoms with Gasteiger partial charge in [0.1, 0.15) is 0 Å². The lowest BCUT2D eigenvalue weighted by molar-refractivity contribution is -0.144. The van der Waals surface area contributed by atoms with Gasteiger partial charge in [0.2, 0.25) is 5.91 Å². The molecular weight excluding hydrogens is 390 g/mol. The molecule has 5 fully saturated rings. The zero-order valence-corrected chi connectivity index (χ0v) is 18.6. The van der Waals surface area contributed by atoms with Crippen molar-refractivity contribution in [2.75, 3.05) is 32.7 Å². The summed E-state index contributed by atoms with van der Waals surface area (Å²) >= 11 is 5.66. The Hall–Kier alpha value is -1.72. The van der Waals surface area contributed by atoms with Gasteiger partial charge in [-0.25, -0.2) is 0 Å². The highest BCUT2D eigenvalue weighted by atomic mass is 32.1. The van der Waals surface area contributed by atoms with E-state index in [4.69, 9.17) is 12.2 Å². The van der Waals surface area contributed by atoms with Crippen LogP contribution in [0.25, 0.3) is 6.08 Å². The first-order valence-electron chi connectivity index (χ1n) is 11.6. The van der Waals surface area contributed by atoms with Crippen LogP contribution < -0.4 is 5.32 Å². The van der Waals surface area contributed by atoms with Gasteiger partial charge in [0.05, 0.1) is 5.41 Å². The van der Waals surface area contributed by atoms with Crippen LogP contribution in [0.3, 0.4) is 0 Å². The second-order valence-corrected chi connectivity index (χ2v) is 10.4. The molecule has 5 aliphatic rings. The molecule has 1 aromatic carbocycles. The number of nitrogens with one attached hydrogen (secondary N) is 1. The number of carbonyl (C=O) groups excluding carboxylic acids is 1. The molecule has 1 heterocycles. The Kier molecular flexibility index (Phi) is 5.67. The van der Waals surface area contributed by atoms with Gasteiger partial charge in [-0.1, -0.05) is 42.5 Å². The predicted molar refractivity (Wildman–Crippen MR) is 125 cm³/mol. The van der Waals surface area contributed by atoms with Gasteiger partial charge in [-0.2, -0.15) is 0 Å². The van der Waals surface area contributed by atoms with Gasteiger partial charge < -0.3 is 10.2 Å². The molecule has 0 atom stereocenters. The lowest BCUT2D eigenvalue weighted by atomic mass is 9.49. The van der Waals surface area contributed by atoms with Gasteiger partial charge in [-0.05, 0) is 74.1 Å². The minimum atomic E-state index is -0.122. The van der Waals surface area contributed by atoms with Crippen LogP contribution in [0, 0.1) is 23.2 Å². The number of carbonyl (C=O) groups is 1. The summed E-state index contributed by atoms with van der Waals surface area (Å²) in [5.41, 5.74) is 1.12. The molecule has 0 unspecified atom stereocenters. The van der Waals surface area contributed by atoms with E-state index < -0.39 is 0 Å². The van der Waals surface area contributed by atoms with E-state index in [1.54, 1.807) is 0 Å². The van der Waals surface area contributed by atoms with Crippen LogP contribution in [0.5, 0.6) is 0 Å². The molecule has 30 heavy (non-hydrogen) atoms. The fourth-order valence-corrected chi connectivity index (χ4v) is 7.01. The van der Waals surface area contributed by atoms with Gasteiger partial charge >= 0.3 is 0 Å². The molecule has 1 N–H and O–H groups in total. The van der Waals surface area contributed by atoms with Gasteiger partial charge in [0, 0.05) is 32.7 Å². The van der Waals surface area contributed by atoms with Crippen molar-refractivity contribution in [3.8, 4) is 0 Å². The monoisotopic (exact) mass is 423 g/mol. The van der Waals surface area contributed by atoms with Crippen molar-refractivity contribution < 1.29 is 4.79 Å². The van der Waals surface area contributed by atoms with Gasteiger partial charge in [0.25, 0.3) is 0 Å². The first-order valence-corrected chi connectivity index (χ1v) is 12.0. The van der Waals surface area contributed by atoms with Crippen molar-refractivity contribution in [1.29, 1.82) is 0 Å². The molecule has 0 spiro atoms. The maximum Gasteiger partial charge on any atom is 0.232 e. The fourth-order valence-electron chi connectivity index (χ4n) is 6.73. The van der Waals surface area contributed by atoms with Gasteiger partial charge in [-0.3, -0.25) is 9.69 Å². The van der Waals surface area contributed by atoms with Crippen molar-refractivity contribution in [2.45, 2.75) is 38.5 Å². The van der Waals surface area contributed by atoms with Crippen molar-refractivity contribution in [3.05, 3.63) is 42.0 Å². The van der Waals surface area contributed by atoms with E-state index in [0.717, 1.165) is 69.7 Å². The highest BCUT2D eigenvalue weighted by molar-refractivity contribution is 7.80. The lowest BCUT2D eigenvalue weighted by Gasteiger charge is -2.55. The minimum absolute atomic E-state index is 0.122. The number of amides is 1. The number of nitrogens with zero attached hydrogens (tertiary/aromatic N) is 2. The van der Waals surface area contributed by atoms with Crippen LogP contribution in [0.1, 0.15) is 44.1 Å². The summed E-state index contributed by atoms with van der Waals surface area (Å²) < 4.78 is 0. The maximum absolute atomic E-state index is 13.2. The molecule has 1 aliphatic heterocycles. The molecule has 4 nitrogen and oxygen atoms in total. The molecule has 5 heteroatoms. The van der Waals surface area contributed by atoms with Crippen LogP contribution in [0.4, 0.5) is 0 Å². The predicted octanol–water partition coefficient (Wildman–Crippen LogP) is 3.93. The first kappa shape index (κ1) is 20.2. The Morgan fingerprint density at radius 2 is 1.60 bits per heavy atom. The van der Waals surface area contributed by atoms with Gasteiger partial charge in [0.15, 0.2) is 5.11 Å². The molecule has 4 saturated carbocycles. The molecule has 4 aliphatic carbocycles. The van der Waals surface area contributed by atoms with Crippen LogP contribution >= 0.6 is 12.2 Å². The van der Waals surface area contributed by atoms with Crippen molar-refractivity contribution >= 4 is 29.3 Å². The number of piperazine rings is 1. The summed E-state index contributed by atoms with van der Waals surface area (Å²) in [6, 6.07) is 10.4. The van der Waals surface area contributed by atoms with Crippen LogP contribution in [0.15, 0.2) is 36.4 Å². The molecule has 4 bridgehead atoms. The normalized spacial score (nSPS) is 33.2. The topological polar surface area (TPSA) is 35.6 Å². The molecule has 1 saturated heterocycles. The van der Waals surface area contributed by atoms with Crippen molar-refractivity contribution in [3.63, 3.8) is 0 Å². The third-order valence-corrected chi connectivity index (χ3v) is 8.23.